The summed E-state index contributed by atoms with van der Waals surface area (Å²) in [6.45, 7) is 2.75. The van der Waals surface area contributed by atoms with E-state index >= 15 is 0 Å². The van der Waals surface area contributed by atoms with E-state index in [-0.39, 0.29) is 5.91 Å². The Bertz CT molecular complexity index is 1190. The van der Waals surface area contributed by atoms with Gasteiger partial charge in [-0.1, -0.05) is 55.5 Å². The van der Waals surface area contributed by atoms with Crippen molar-refractivity contribution in [2.75, 3.05) is 13.7 Å². The highest BCUT2D eigenvalue weighted by Crippen LogP contribution is 2.36. The molecule has 1 fully saturated rings. The van der Waals surface area contributed by atoms with Gasteiger partial charge in [-0.15, -0.1) is 0 Å². The Labute approximate surface area is 205 Å². The quantitative estimate of drug-likeness (QED) is 0.266. The van der Waals surface area contributed by atoms with Crippen LogP contribution in [0.15, 0.2) is 64.1 Å². The molecule has 0 saturated carbocycles. The lowest BCUT2D eigenvalue weighted by Crippen LogP contribution is -2.28. The van der Waals surface area contributed by atoms with Gasteiger partial charge in [0, 0.05) is 23.9 Å². The van der Waals surface area contributed by atoms with Gasteiger partial charge in [-0.3, -0.25) is 9.69 Å². The number of ether oxygens (including phenoxy) is 1. The third-order valence-electron chi connectivity index (χ3n) is 5.08. The maximum Gasteiger partial charge on any atom is 0.266 e. The number of carbonyl (C=O) groups excluding carboxylic acids is 1. The zero-order chi connectivity index (χ0) is 22.7. The molecule has 1 amide bonds. The number of rotatable bonds is 7. The van der Waals surface area contributed by atoms with E-state index in [4.69, 9.17) is 22.1 Å². The van der Waals surface area contributed by atoms with E-state index in [1.165, 1.54) is 11.8 Å². The molecule has 1 aliphatic rings. The molecule has 0 bridgehead atoms. The molecule has 2 heterocycles. The van der Waals surface area contributed by atoms with Crippen LogP contribution in [0, 0.1) is 0 Å². The van der Waals surface area contributed by atoms with Crippen molar-refractivity contribution >= 4 is 56.2 Å². The van der Waals surface area contributed by atoms with E-state index < -0.39 is 0 Å². The van der Waals surface area contributed by atoms with Crippen molar-refractivity contribution in [1.29, 1.82) is 0 Å². The van der Waals surface area contributed by atoms with Crippen LogP contribution in [-0.4, -0.2) is 38.6 Å². The number of nitrogens with zero attached hydrogens (tertiary/aromatic N) is 3. The third-order valence-corrected chi connectivity index (χ3v) is 7.08. The fourth-order valence-electron chi connectivity index (χ4n) is 3.39. The molecule has 5 nitrogen and oxygen atoms in total. The fourth-order valence-corrected chi connectivity index (χ4v) is 5.23. The molecule has 164 valence electrons. The Morgan fingerprint density at radius 2 is 2.00 bits per heavy atom. The van der Waals surface area contributed by atoms with E-state index in [9.17, 15) is 4.79 Å². The average Bonchev–Trinajstić information content (AvgIpc) is 3.34. The number of halogens is 1. The van der Waals surface area contributed by atoms with E-state index in [0.29, 0.717) is 15.8 Å². The molecule has 1 aromatic heterocycles. The summed E-state index contributed by atoms with van der Waals surface area (Å²) >= 11 is 10.4. The Morgan fingerprint density at radius 3 is 2.69 bits per heavy atom. The number of benzene rings is 2. The first-order valence-corrected chi connectivity index (χ1v) is 12.3. The number of thioether (sulfide) groups is 1. The molecule has 0 atom stereocenters. The summed E-state index contributed by atoms with van der Waals surface area (Å²) in [4.78, 5) is 15.3. The highest BCUT2D eigenvalue weighted by molar-refractivity contribution is 9.10. The van der Waals surface area contributed by atoms with E-state index in [1.54, 1.807) is 12.0 Å². The molecule has 32 heavy (non-hydrogen) atoms. The molecule has 0 N–H and O–H groups in total. The van der Waals surface area contributed by atoms with Gasteiger partial charge in [-0.05, 0) is 58.8 Å². The molecular formula is C24H22BrN3O2S2. The number of hydrogen-bond acceptors (Lipinski definition) is 5. The molecule has 4 rings (SSSR count). The average molecular weight is 528 g/mol. The molecular weight excluding hydrogens is 506 g/mol. The maximum atomic E-state index is 13.0. The molecule has 0 spiro atoms. The van der Waals surface area contributed by atoms with Crippen molar-refractivity contribution in [3.8, 4) is 22.7 Å². The molecule has 3 aromatic rings. The Morgan fingerprint density at radius 1 is 1.22 bits per heavy atom. The van der Waals surface area contributed by atoms with E-state index in [1.807, 2.05) is 65.5 Å². The zero-order valence-electron chi connectivity index (χ0n) is 17.7. The van der Waals surface area contributed by atoms with Gasteiger partial charge >= 0.3 is 0 Å². The second-order valence-electron chi connectivity index (χ2n) is 7.25. The lowest BCUT2D eigenvalue weighted by atomic mass is 10.1. The molecule has 2 aromatic carbocycles. The molecule has 0 unspecified atom stereocenters. The summed E-state index contributed by atoms with van der Waals surface area (Å²) in [5.74, 6) is 0.706. The van der Waals surface area contributed by atoms with E-state index in [0.717, 1.165) is 45.6 Å². The maximum absolute atomic E-state index is 13.0. The Balaban J connectivity index is 1.78. The minimum absolute atomic E-state index is 0.0391. The van der Waals surface area contributed by atoms with Gasteiger partial charge in [0.25, 0.3) is 5.91 Å². The van der Waals surface area contributed by atoms with Crippen molar-refractivity contribution in [2.45, 2.75) is 19.8 Å². The van der Waals surface area contributed by atoms with Gasteiger partial charge in [-0.25, -0.2) is 4.68 Å². The van der Waals surface area contributed by atoms with Crippen LogP contribution in [0.5, 0.6) is 5.75 Å². The summed E-state index contributed by atoms with van der Waals surface area (Å²) in [5.41, 5.74) is 3.48. The van der Waals surface area contributed by atoms with Gasteiger partial charge in [0.2, 0.25) is 0 Å². The monoisotopic (exact) mass is 527 g/mol. The largest absolute Gasteiger partial charge is 0.496 e. The minimum atomic E-state index is -0.0391. The summed E-state index contributed by atoms with van der Waals surface area (Å²) in [6.07, 6.45) is 5.78. The number of carbonyl (C=O) groups is 1. The predicted molar refractivity (Wildman–Crippen MR) is 138 cm³/mol. The predicted octanol–water partition coefficient (Wildman–Crippen LogP) is 6.31. The second kappa shape index (κ2) is 10.0. The zero-order valence-corrected chi connectivity index (χ0v) is 21.0. The number of thiocarbonyl (C=S) groups is 1. The topological polar surface area (TPSA) is 47.4 Å². The van der Waals surface area contributed by atoms with Crippen LogP contribution in [-0.2, 0) is 4.79 Å². The lowest BCUT2D eigenvalue weighted by Gasteiger charge is -2.12. The van der Waals surface area contributed by atoms with Crippen molar-refractivity contribution in [1.82, 2.24) is 14.7 Å². The SMILES string of the molecule is CCCCN1C(=O)/C(=C/c2cn(-c3ccccc3)nc2-c2ccc(OC)c(Br)c2)SC1=S. The highest BCUT2D eigenvalue weighted by Gasteiger charge is 2.31. The van der Waals surface area contributed by atoms with Crippen LogP contribution in [0.1, 0.15) is 25.3 Å². The first-order chi connectivity index (χ1) is 15.5. The van der Waals surface area contributed by atoms with Crippen molar-refractivity contribution in [2.24, 2.45) is 0 Å². The lowest BCUT2D eigenvalue weighted by molar-refractivity contribution is -0.122. The Hall–Kier alpha value is -2.42. The van der Waals surface area contributed by atoms with Crippen LogP contribution >= 0.6 is 39.9 Å². The summed E-state index contributed by atoms with van der Waals surface area (Å²) in [5, 5.41) is 4.85. The first-order valence-electron chi connectivity index (χ1n) is 10.3. The van der Waals surface area contributed by atoms with Crippen molar-refractivity contribution < 1.29 is 9.53 Å². The number of para-hydroxylation sites is 1. The molecule has 1 saturated heterocycles. The van der Waals surface area contributed by atoms with Gasteiger partial charge in [0.05, 0.1) is 22.2 Å². The highest BCUT2D eigenvalue weighted by atomic mass is 79.9. The fraction of sp³-hybridized carbons (Fsp3) is 0.208. The molecule has 8 heteroatoms. The summed E-state index contributed by atoms with van der Waals surface area (Å²) in [6, 6.07) is 15.7. The number of hydrogen-bond donors (Lipinski definition) is 0. The standard InChI is InChI=1S/C24H22BrN3O2S2/c1-3-4-12-27-23(29)21(32-24(27)31)14-17-15-28(18-8-6-5-7-9-18)26-22(17)16-10-11-20(30-2)19(25)13-16/h5-11,13-15H,3-4,12H2,1-2H3/b21-14-. The van der Waals surface area contributed by atoms with Gasteiger partial charge < -0.3 is 4.74 Å². The number of methoxy groups -OCH3 is 1. The first kappa shape index (κ1) is 22.8. The minimum Gasteiger partial charge on any atom is -0.496 e. The Kier molecular flexibility index (Phi) is 7.13. The third kappa shape index (κ3) is 4.67. The van der Waals surface area contributed by atoms with Crippen molar-refractivity contribution in [3.05, 3.63) is 69.7 Å². The summed E-state index contributed by atoms with van der Waals surface area (Å²) < 4.78 is 8.64. The summed E-state index contributed by atoms with van der Waals surface area (Å²) in [7, 11) is 1.63. The molecule has 0 radical (unpaired) electrons. The normalized spacial score (nSPS) is 15.1. The van der Waals surface area contributed by atoms with Gasteiger partial charge in [0.15, 0.2) is 0 Å². The van der Waals surface area contributed by atoms with Crippen LogP contribution in [0.25, 0.3) is 23.0 Å². The molecule has 1 aliphatic heterocycles. The van der Waals surface area contributed by atoms with Crippen molar-refractivity contribution in [3.63, 3.8) is 0 Å². The van der Waals surface area contributed by atoms with Crippen LogP contribution in [0.3, 0.4) is 0 Å². The number of unbranched alkanes of at least 4 members (excludes halogenated alkanes) is 1. The van der Waals surface area contributed by atoms with E-state index in [2.05, 4.69) is 22.9 Å². The molecule has 0 aliphatic carbocycles. The van der Waals surface area contributed by atoms with Crippen LogP contribution in [0.4, 0.5) is 0 Å². The number of amides is 1. The van der Waals surface area contributed by atoms with Crippen LogP contribution in [0.2, 0.25) is 0 Å². The van der Waals surface area contributed by atoms with Gasteiger partial charge in [0.1, 0.15) is 15.8 Å². The smallest absolute Gasteiger partial charge is 0.266 e. The number of aromatic nitrogens is 2. The van der Waals surface area contributed by atoms with Gasteiger partial charge in [-0.2, -0.15) is 5.10 Å². The van der Waals surface area contributed by atoms with Crippen LogP contribution < -0.4 is 4.74 Å². The second-order valence-corrected chi connectivity index (χ2v) is 9.78.